The molecule has 0 unspecified atom stereocenters. The average molecular weight is 373 g/mol. The van der Waals surface area contributed by atoms with Crippen LogP contribution in [0.5, 0.6) is 11.5 Å². The van der Waals surface area contributed by atoms with Gasteiger partial charge in [0.1, 0.15) is 0 Å². The summed E-state index contributed by atoms with van der Waals surface area (Å²) in [5, 5.41) is 21.3. The number of nitriles is 1. The maximum Gasteiger partial charge on any atom is 0.338 e. The second-order valence-electron chi connectivity index (χ2n) is 7.44. The SMILES string of the molecule is COc1ccc(C2(C#N)CCC(NC(=O)NO)CC2)cc1OC1CCCC1. The van der Waals surface area contributed by atoms with Crippen molar-refractivity contribution in [2.75, 3.05) is 7.11 Å². The Labute approximate surface area is 159 Å². The fraction of sp³-hybridized carbons (Fsp3) is 0.600. The highest BCUT2D eigenvalue weighted by Crippen LogP contribution is 2.42. The predicted molar refractivity (Wildman–Crippen MR) is 98.9 cm³/mol. The zero-order chi connectivity index (χ0) is 19.3. The third-order valence-electron chi connectivity index (χ3n) is 5.80. The molecule has 3 rings (SSSR count). The van der Waals surface area contributed by atoms with Gasteiger partial charge in [0.15, 0.2) is 11.5 Å². The number of urea groups is 1. The first-order valence-electron chi connectivity index (χ1n) is 9.57. The van der Waals surface area contributed by atoms with Crippen LogP contribution in [0.25, 0.3) is 0 Å². The highest BCUT2D eigenvalue weighted by Gasteiger charge is 2.38. The van der Waals surface area contributed by atoms with Crippen LogP contribution in [0.15, 0.2) is 18.2 Å². The molecule has 0 radical (unpaired) electrons. The van der Waals surface area contributed by atoms with Crippen LogP contribution in [0.4, 0.5) is 4.79 Å². The molecule has 2 amide bonds. The molecule has 0 aliphatic heterocycles. The zero-order valence-electron chi connectivity index (χ0n) is 15.7. The van der Waals surface area contributed by atoms with Crippen LogP contribution in [-0.2, 0) is 5.41 Å². The smallest absolute Gasteiger partial charge is 0.338 e. The number of benzene rings is 1. The topological polar surface area (TPSA) is 104 Å². The highest BCUT2D eigenvalue weighted by atomic mass is 16.5. The fourth-order valence-electron chi connectivity index (χ4n) is 4.19. The summed E-state index contributed by atoms with van der Waals surface area (Å²) >= 11 is 0. The second-order valence-corrected chi connectivity index (χ2v) is 7.44. The Morgan fingerprint density at radius 1 is 1.22 bits per heavy atom. The molecule has 0 bridgehead atoms. The Morgan fingerprint density at radius 2 is 1.93 bits per heavy atom. The number of ether oxygens (including phenoxy) is 2. The van der Waals surface area contributed by atoms with Crippen molar-refractivity contribution in [3.05, 3.63) is 23.8 Å². The first-order valence-corrected chi connectivity index (χ1v) is 9.57. The quantitative estimate of drug-likeness (QED) is 0.542. The van der Waals surface area contributed by atoms with E-state index in [2.05, 4.69) is 11.4 Å². The number of hydrogen-bond donors (Lipinski definition) is 3. The van der Waals surface area contributed by atoms with E-state index in [1.807, 2.05) is 18.2 Å². The van der Waals surface area contributed by atoms with Crippen LogP contribution in [0.3, 0.4) is 0 Å². The molecule has 2 fully saturated rings. The molecule has 3 N–H and O–H groups in total. The van der Waals surface area contributed by atoms with Gasteiger partial charge in [-0.25, -0.2) is 10.3 Å². The lowest BCUT2D eigenvalue weighted by atomic mass is 9.69. The first-order chi connectivity index (χ1) is 13.1. The minimum absolute atomic E-state index is 0.0499. The van der Waals surface area contributed by atoms with Gasteiger partial charge in [0, 0.05) is 6.04 Å². The van der Waals surface area contributed by atoms with Crippen molar-refractivity contribution in [3.8, 4) is 17.6 Å². The molecule has 7 nitrogen and oxygen atoms in total. The summed E-state index contributed by atoms with van der Waals surface area (Å²) in [7, 11) is 1.62. The van der Waals surface area contributed by atoms with Gasteiger partial charge in [0.25, 0.3) is 0 Å². The van der Waals surface area contributed by atoms with Crippen LogP contribution < -0.4 is 20.3 Å². The molecule has 2 aliphatic carbocycles. The summed E-state index contributed by atoms with van der Waals surface area (Å²) in [6.07, 6.45) is 7.30. The maximum atomic E-state index is 11.3. The molecular formula is C20H27N3O4. The molecule has 146 valence electrons. The maximum absolute atomic E-state index is 11.3. The number of nitrogens with zero attached hydrogens (tertiary/aromatic N) is 1. The Balaban J connectivity index is 1.77. The van der Waals surface area contributed by atoms with Crippen LogP contribution in [-0.4, -0.2) is 30.5 Å². The normalized spacial score (nSPS) is 25.4. The number of carbonyl (C=O) groups excluding carboxylic acids is 1. The molecule has 2 saturated carbocycles. The van der Waals surface area contributed by atoms with Gasteiger partial charge in [-0.1, -0.05) is 6.07 Å². The number of nitrogens with one attached hydrogen (secondary N) is 2. The van der Waals surface area contributed by atoms with E-state index in [0.29, 0.717) is 37.2 Å². The lowest BCUT2D eigenvalue weighted by Crippen LogP contribution is -2.45. The van der Waals surface area contributed by atoms with Crippen LogP contribution in [0.1, 0.15) is 56.9 Å². The van der Waals surface area contributed by atoms with Crippen molar-refractivity contribution in [2.24, 2.45) is 0 Å². The van der Waals surface area contributed by atoms with Crippen LogP contribution in [0.2, 0.25) is 0 Å². The largest absolute Gasteiger partial charge is 0.493 e. The van der Waals surface area contributed by atoms with E-state index in [0.717, 1.165) is 18.4 Å². The predicted octanol–water partition coefficient (Wildman–Crippen LogP) is 3.41. The van der Waals surface area contributed by atoms with Gasteiger partial charge in [-0.05, 0) is 69.1 Å². The molecule has 7 heteroatoms. The second kappa shape index (κ2) is 8.49. The van der Waals surface area contributed by atoms with Gasteiger partial charge >= 0.3 is 6.03 Å². The van der Waals surface area contributed by atoms with Crippen molar-refractivity contribution in [1.29, 1.82) is 5.26 Å². The number of amides is 2. The van der Waals surface area contributed by atoms with Gasteiger partial charge in [-0.2, -0.15) is 5.26 Å². The number of hydrogen-bond acceptors (Lipinski definition) is 5. The van der Waals surface area contributed by atoms with Crippen molar-refractivity contribution in [1.82, 2.24) is 10.8 Å². The molecule has 1 aromatic carbocycles. The van der Waals surface area contributed by atoms with Gasteiger partial charge in [-0.15, -0.1) is 0 Å². The van der Waals surface area contributed by atoms with E-state index < -0.39 is 11.4 Å². The third-order valence-corrected chi connectivity index (χ3v) is 5.80. The van der Waals surface area contributed by atoms with Crippen molar-refractivity contribution in [2.45, 2.75) is 68.9 Å². The molecule has 0 spiro atoms. The fourth-order valence-corrected chi connectivity index (χ4v) is 4.19. The lowest BCUT2D eigenvalue weighted by molar-refractivity contribution is 0.155. The van der Waals surface area contributed by atoms with E-state index in [-0.39, 0.29) is 12.1 Å². The number of hydroxylamine groups is 1. The molecule has 0 saturated heterocycles. The number of rotatable bonds is 5. The van der Waals surface area contributed by atoms with E-state index in [1.165, 1.54) is 12.8 Å². The molecule has 0 aromatic heterocycles. The minimum Gasteiger partial charge on any atom is -0.493 e. The molecule has 0 heterocycles. The summed E-state index contributed by atoms with van der Waals surface area (Å²) in [5.74, 6) is 1.39. The van der Waals surface area contributed by atoms with Crippen LogP contribution in [0, 0.1) is 11.3 Å². The van der Waals surface area contributed by atoms with Gasteiger partial charge < -0.3 is 14.8 Å². The molecular weight excluding hydrogens is 346 g/mol. The standard InChI is InChI=1S/C20H27N3O4/c1-26-17-7-6-14(12-18(17)27-16-4-2-3-5-16)20(13-21)10-8-15(9-11-20)22-19(24)23-25/h6-7,12,15-16,25H,2-5,8-11H2,1H3,(H2,22,23,24). The van der Waals surface area contributed by atoms with E-state index in [9.17, 15) is 10.1 Å². The van der Waals surface area contributed by atoms with Gasteiger partial charge in [0.2, 0.25) is 0 Å². The Morgan fingerprint density at radius 3 is 2.52 bits per heavy atom. The summed E-state index contributed by atoms with van der Waals surface area (Å²) in [4.78, 5) is 11.3. The van der Waals surface area contributed by atoms with Gasteiger partial charge in [-0.3, -0.25) is 5.21 Å². The molecule has 27 heavy (non-hydrogen) atoms. The Bertz CT molecular complexity index is 702. The van der Waals surface area contributed by atoms with Gasteiger partial charge in [0.05, 0.1) is 24.7 Å². The molecule has 2 aliphatic rings. The van der Waals surface area contributed by atoms with E-state index in [1.54, 1.807) is 12.6 Å². The Kier molecular flexibility index (Phi) is 6.07. The lowest BCUT2D eigenvalue weighted by Gasteiger charge is -2.35. The summed E-state index contributed by atoms with van der Waals surface area (Å²) in [6.45, 7) is 0. The molecule has 0 atom stereocenters. The van der Waals surface area contributed by atoms with Crippen molar-refractivity contribution >= 4 is 6.03 Å². The van der Waals surface area contributed by atoms with Crippen LogP contribution >= 0.6 is 0 Å². The summed E-state index contributed by atoms with van der Waals surface area (Å²) in [6, 6.07) is 7.62. The minimum atomic E-state index is -0.610. The monoisotopic (exact) mass is 373 g/mol. The number of methoxy groups -OCH3 is 1. The Hall–Kier alpha value is -2.46. The summed E-state index contributed by atoms with van der Waals surface area (Å²) < 4.78 is 11.6. The highest BCUT2D eigenvalue weighted by molar-refractivity contribution is 5.72. The van der Waals surface area contributed by atoms with Crippen molar-refractivity contribution < 1.29 is 19.5 Å². The van der Waals surface area contributed by atoms with E-state index >= 15 is 0 Å². The first kappa shape index (κ1) is 19.3. The third kappa shape index (κ3) is 4.28. The molecule has 1 aromatic rings. The number of carbonyl (C=O) groups is 1. The summed E-state index contributed by atoms with van der Waals surface area (Å²) in [5.41, 5.74) is 1.92. The van der Waals surface area contributed by atoms with Crippen molar-refractivity contribution in [3.63, 3.8) is 0 Å². The van der Waals surface area contributed by atoms with E-state index in [4.69, 9.17) is 14.7 Å². The zero-order valence-corrected chi connectivity index (χ0v) is 15.7. The average Bonchev–Trinajstić information content (AvgIpc) is 3.21.